The maximum absolute atomic E-state index is 12.8. The third kappa shape index (κ3) is 5.47. The smallest absolute Gasteiger partial charge is 0.225 e. The number of rotatable bonds is 5. The average molecular weight is 373 g/mol. The van der Waals surface area contributed by atoms with Crippen molar-refractivity contribution in [3.63, 3.8) is 0 Å². The quantitative estimate of drug-likeness (QED) is 0.797. The molecule has 2 amide bonds. The summed E-state index contributed by atoms with van der Waals surface area (Å²) < 4.78 is 5.25. The molecular formula is C22H32N2O3. The molecule has 0 aromatic heterocycles. The second-order valence-corrected chi connectivity index (χ2v) is 7.75. The molecule has 1 aromatic rings. The molecule has 0 spiro atoms. The Balaban J connectivity index is 1.48. The lowest BCUT2D eigenvalue weighted by molar-refractivity contribution is -0.137. The summed E-state index contributed by atoms with van der Waals surface area (Å²) in [5.74, 6) is 1.55. The molecule has 27 heavy (non-hydrogen) atoms. The van der Waals surface area contributed by atoms with Gasteiger partial charge in [0.2, 0.25) is 11.8 Å². The normalized spacial score (nSPS) is 18.9. The van der Waals surface area contributed by atoms with Gasteiger partial charge in [0.15, 0.2) is 0 Å². The number of methoxy groups -OCH3 is 1. The van der Waals surface area contributed by atoms with E-state index in [1.54, 1.807) is 7.11 Å². The van der Waals surface area contributed by atoms with E-state index in [2.05, 4.69) is 0 Å². The van der Waals surface area contributed by atoms with Crippen LogP contribution >= 0.6 is 0 Å². The highest BCUT2D eigenvalue weighted by molar-refractivity contribution is 5.79. The molecule has 0 unspecified atom stereocenters. The zero-order chi connectivity index (χ0) is 19.1. The van der Waals surface area contributed by atoms with Crippen LogP contribution in [0.15, 0.2) is 24.3 Å². The van der Waals surface area contributed by atoms with Crippen molar-refractivity contribution in [1.82, 2.24) is 9.80 Å². The van der Waals surface area contributed by atoms with Crippen molar-refractivity contribution in [2.75, 3.05) is 33.3 Å². The van der Waals surface area contributed by atoms with Crippen LogP contribution < -0.4 is 4.74 Å². The third-order valence-electron chi connectivity index (χ3n) is 5.88. The number of nitrogens with zero attached hydrogens (tertiary/aromatic N) is 2. The summed E-state index contributed by atoms with van der Waals surface area (Å²) in [5.41, 5.74) is 1.12. The molecule has 2 aliphatic rings. The molecule has 1 aliphatic carbocycles. The van der Waals surface area contributed by atoms with E-state index in [-0.39, 0.29) is 11.8 Å². The SMILES string of the molecule is COc1cccc(CCC(=O)N2CCCN(C(=O)C3CCCCC3)CC2)c1. The predicted octanol–water partition coefficient (Wildman–Crippen LogP) is 3.27. The molecular weight excluding hydrogens is 340 g/mol. The van der Waals surface area contributed by atoms with Crippen LogP contribution in [0.3, 0.4) is 0 Å². The van der Waals surface area contributed by atoms with E-state index in [1.807, 2.05) is 34.1 Å². The number of benzene rings is 1. The van der Waals surface area contributed by atoms with Crippen molar-refractivity contribution in [3.8, 4) is 5.75 Å². The highest BCUT2D eigenvalue weighted by Gasteiger charge is 2.28. The topological polar surface area (TPSA) is 49.9 Å². The van der Waals surface area contributed by atoms with Gasteiger partial charge in [-0.2, -0.15) is 0 Å². The Hall–Kier alpha value is -2.04. The zero-order valence-corrected chi connectivity index (χ0v) is 16.5. The van der Waals surface area contributed by atoms with Crippen molar-refractivity contribution in [2.45, 2.75) is 51.4 Å². The van der Waals surface area contributed by atoms with E-state index in [0.29, 0.717) is 25.4 Å². The molecule has 1 saturated carbocycles. The monoisotopic (exact) mass is 372 g/mol. The fraction of sp³-hybridized carbons (Fsp3) is 0.636. The van der Waals surface area contributed by atoms with Gasteiger partial charge in [0.05, 0.1) is 7.11 Å². The molecule has 0 bridgehead atoms. The second-order valence-electron chi connectivity index (χ2n) is 7.75. The molecule has 1 aromatic carbocycles. The standard InChI is InChI=1S/C22H32N2O3/c1-27-20-10-5-7-18(17-20)11-12-21(25)23-13-6-14-24(16-15-23)22(26)19-8-3-2-4-9-19/h5,7,10,17,19H,2-4,6,8-9,11-16H2,1H3. The number of ether oxygens (including phenoxy) is 1. The maximum Gasteiger partial charge on any atom is 0.225 e. The van der Waals surface area contributed by atoms with Crippen LogP contribution in [0.4, 0.5) is 0 Å². The third-order valence-corrected chi connectivity index (χ3v) is 5.88. The average Bonchev–Trinajstić information content (AvgIpc) is 2.98. The van der Waals surface area contributed by atoms with E-state index in [1.165, 1.54) is 19.3 Å². The van der Waals surface area contributed by atoms with Crippen LogP contribution in [0.2, 0.25) is 0 Å². The number of hydrogen-bond donors (Lipinski definition) is 0. The van der Waals surface area contributed by atoms with E-state index < -0.39 is 0 Å². The molecule has 0 radical (unpaired) electrons. The summed E-state index contributed by atoms with van der Waals surface area (Å²) >= 11 is 0. The summed E-state index contributed by atoms with van der Waals surface area (Å²) in [6.07, 6.45) is 7.80. The van der Waals surface area contributed by atoms with Crippen molar-refractivity contribution < 1.29 is 14.3 Å². The minimum atomic E-state index is 0.185. The Morgan fingerprint density at radius 1 is 1.00 bits per heavy atom. The first-order valence-electron chi connectivity index (χ1n) is 10.4. The van der Waals surface area contributed by atoms with Gasteiger partial charge >= 0.3 is 0 Å². The largest absolute Gasteiger partial charge is 0.497 e. The molecule has 148 valence electrons. The lowest BCUT2D eigenvalue weighted by Crippen LogP contribution is -2.40. The Bertz CT molecular complexity index is 640. The van der Waals surface area contributed by atoms with Crippen molar-refractivity contribution in [1.29, 1.82) is 0 Å². The highest BCUT2D eigenvalue weighted by Crippen LogP contribution is 2.26. The first-order chi connectivity index (χ1) is 13.2. The molecule has 3 rings (SSSR count). The first kappa shape index (κ1) is 19.7. The number of hydrogen-bond acceptors (Lipinski definition) is 3. The number of amides is 2. The lowest BCUT2D eigenvalue weighted by Gasteiger charge is -2.28. The van der Waals surface area contributed by atoms with Gasteiger partial charge in [-0.25, -0.2) is 0 Å². The van der Waals surface area contributed by atoms with Crippen LogP contribution in [0.1, 0.15) is 50.5 Å². The van der Waals surface area contributed by atoms with Crippen LogP contribution in [-0.2, 0) is 16.0 Å². The van der Waals surface area contributed by atoms with Gasteiger partial charge in [-0.3, -0.25) is 9.59 Å². The summed E-state index contributed by atoms with van der Waals surface area (Å²) in [6, 6.07) is 7.89. The minimum absolute atomic E-state index is 0.185. The van der Waals surface area contributed by atoms with Crippen molar-refractivity contribution in [2.24, 2.45) is 5.92 Å². The molecule has 2 fully saturated rings. The zero-order valence-electron chi connectivity index (χ0n) is 16.5. The summed E-state index contributed by atoms with van der Waals surface area (Å²) in [6.45, 7) is 2.88. The van der Waals surface area contributed by atoms with Gasteiger partial charge in [0, 0.05) is 38.5 Å². The van der Waals surface area contributed by atoms with E-state index in [9.17, 15) is 9.59 Å². The molecule has 5 heteroatoms. The lowest BCUT2D eigenvalue weighted by atomic mass is 9.88. The van der Waals surface area contributed by atoms with Gasteiger partial charge in [0.1, 0.15) is 5.75 Å². The van der Waals surface area contributed by atoms with Gasteiger partial charge in [0.25, 0.3) is 0 Å². The van der Waals surface area contributed by atoms with E-state index in [4.69, 9.17) is 4.74 Å². The molecule has 5 nitrogen and oxygen atoms in total. The second kappa shape index (κ2) is 9.77. The molecule has 1 aliphatic heterocycles. The predicted molar refractivity (Wildman–Crippen MR) is 106 cm³/mol. The Morgan fingerprint density at radius 2 is 1.74 bits per heavy atom. The van der Waals surface area contributed by atoms with Gasteiger partial charge < -0.3 is 14.5 Å². The van der Waals surface area contributed by atoms with Gasteiger partial charge in [-0.05, 0) is 43.4 Å². The number of carbonyl (C=O) groups is 2. The number of aryl methyl sites for hydroxylation is 1. The molecule has 1 heterocycles. The Morgan fingerprint density at radius 3 is 2.52 bits per heavy atom. The number of carbonyl (C=O) groups excluding carboxylic acids is 2. The Kier molecular flexibility index (Phi) is 7.13. The first-order valence-corrected chi connectivity index (χ1v) is 10.4. The van der Waals surface area contributed by atoms with Crippen LogP contribution in [0, 0.1) is 5.92 Å². The van der Waals surface area contributed by atoms with E-state index >= 15 is 0 Å². The van der Waals surface area contributed by atoms with Crippen molar-refractivity contribution >= 4 is 11.8 Å². The van der Waals surface area contributed by atoms with Crippen LogP contribution in [0.25, 0.3) is 0 Å². The van der Waals surface area contributed by atoms with Crippen molar-refractivity contribution in [3.05, 3.63) is 29.8 Å². The van der Waals surface area contributed by atoms with Crippen LogP contribution in [-0.4, -0.2) is 54.9 Å². The summed E-state index contributed by atoms with van der Waals surface area (Å²) in [7, 11) is 1.65. The van der Waals surface area contributed by atoms with Gasteiger partial charge in [-0.15, -0.1) is 0 Å². The maximum atomic E-state index is 12.8. The Labute approximate surface area is 162 Å². The fourth-order valence-electron chi connectivity index (χ4n) is 4.23. The fourth-order valence-corrected chi connectivity index (χ4v) is 4.23. The highest BCUT2D eigenvalue weighted by atomic mass is 16.5. The summed E-state index contributed by atoms with van der Waals surface area (Å²) in [4.78, 5) is 29.4. The van der Waals surface area contributed by atoms with E-state index in [0.717, 1.165) is 50.1 Å². The summed E-state index contributed by atoms with van der Waals surface area (Å²) in [5, 5.41) is 0. The van der Waals surface area contributed by atoms with Gasteiger partial charge in [-0.1, -0.05) is 31.4 Å². The molecule has 1 saturated heterocycles. The van der Waals surface area contributed by atoms with Crippen LogP contribution in [0.5, 0.6) is 5.75 Å². The minimum Gasteiger partial charge on any atom is -0.497 e. The molecule has 0 N–H and O–H groups in total. The molecule has 0 atom stereocenters.